The van der Waals surface area contributed by atoms with Gasteiger partial charge in [0.05, 0.1) is 18.2 Å². The molecule has 0 unspecified atom stereocenters. The van der Waals surface area contributed by atoms with Gasteiger partial charge in [-0.25, -0.2) is 0 Å². The number of hydrogen-bond acceptors (Lipinski definition) is 2. The van der Waals surface area contributed by atoms with Crippen molar-refractivity contribution in [2.75, 3.05) is 12.4 Å². The minimum Gasteiger partial charge on any atom is -0.497 e. The Labute approximate surface area is 138 Å². The lowest BCUT2D eigenvalue weighted by molar-refractivity contribution is -0.138. The van der Waals surface area contributed by atoms with Crippen LogP contribution < -0.4 is 10.1 Å². The summed E-state index contributed by atoms with van der Waals surface area (Å²) in [7, 11) is 1.15. The van der Waals surface area contributed by atoms with Gasteiger partial charge in [0.2, 0.25) is 0 Å². The number of carbonyl (C=O) groups is 1. The topological polar surface area (TPSA) is 38.3 Å². The molecular formula is C16H11F6NO2. The smallest absolute Gasteiger partial charge is 0.416 e. The molecule has 1 amide bonds. The molecule has 1 N–H and O–H groups in total. The maximum absolute atomic E-state index is 12.8. The largest absolute Gasteiger partial charge is 0.497 e. The molecule has 3 nitrogen and oxygen atoms in total. The van der Waals surface area contributed by atoms with Gasteiger partial charge in [-0.05, 0) is 30.3 Å². The summed E-state index contributed by atoms with van der Waals surface area (Å²) in [5.41, 5.74) is -2.70. The summed E-state index contributed by atoms with van der Waals surface area (Å²) >= 11 is 0. The van der Waals surface area contributed by atoms with Gasteiger partial charge >= 0.3 is 12.4 Å². The molecule has 0 heterocycles. The Balaban J connectivity index is 2.32. The number of ether oxygens (including phenoxy) is 1. The Morgan fingerprint density at radius 3 is 2.12 bits per heavy atom. The number of amides is 1. The minimum atomic E-state index is -4.68. The van der Waals surface area contributed by atoms with E-state index in [4.69, 9.17) is 4.74 Å². The van der Waals surface area contributed by atoms with Crippen molar-refractivity contribution in [3.8, 4) is 5.75 Å². The first-order valence-corrected chi connectivity index (χ1v) is 6.75. The van der Waals surface area contributed by atoms with Crippen LogP contribution in [0.1, 0.15) is 21.5 Å². The first-order chi connectivity index (χ1) is 11.5. The van der Waals surface area contributed by atoms with E-state index in [0.717, 1.165) is 37.4 Å². The van der Waals surface area contributed by atoms with Crippen LogP contribution in [0.2, 0.25) is 0 Å². The molecular weight excluding hydrogens is 352 g/mol. The fraction of sp³-hybridized carbons (Fsp3) is 0.188. The molecule has 2 aromatic carbocycles. The molecule has 134 valence electrons. The molecule has 0 aromatic heterocycles. The summed E-state index contributed by atoms with van der Waals surface area (Å²) in [6.07, 6.45) is -9.32. The van der Waals surface area contributed by atoms with Gasteiger partial charge in [-0.15, -0.1) is 0 Å². The summed E-state index contributed by atoms with van der Waals surface area (Å²) < 4.78 is 81.3. The van der Waals surface area contributed by atoms with Crippen molar-refractivity contribution < 1.29 is 35.9 Å². The van der Waals surface area contributed by atoms with Gasteiger partial charge in [0, 0.05) is 17.3 Å². The van der Waals surface area contributed by atoms with E-state index in [2.05, 4.69) is 5.32 Å². The number of methoxy groups -OCH3 is 1. The maximum atomic E-state index is 12.8. The fourth-order valence-corrected chi connectivity index (χ4v) is 1.99. The van der Waals surface area contributed by atoms with Gasteiger partial charge in [-0.1, -0.05) is 6.07 Å². The maximum Gasteiger partial charge on any atom is 0.416 e. The number of alkyl halides is 6. The second-order valence-corrected chi connectivity index (χ2v) is 4.98. The zero-order chi connectivity index (χ0) is 18.8. The number of benzene rings is 2. The predicted octanol–water partition coefficient (Wildman–Crippen LogP) is 4.99. The van der Waals surface area contributed by atoms with Crippen molar-refractivity contribution >= 4 is 11.6 Å². The molecule has 0 saturated heterocycles. The van der Waals surface area contributed by atoms with Crippen molar-refractivity contribution in [3.63, 3.8) is 0 Å². The highest BCUT2D eigenvalue weighted by Crippen LogP contribution is 2.34. The number of anilines is 1. The van der Waals surface area contributed by atoms with Crippen molar-refractivity contribution in [2.24, 2.45) is 0 Å². The molecule has 0 atom stereocenters. The number of halogens is 6. The van der Waals surface area contributed by atoms with E-state index in [0.29, 0.717) is 12.1 Å². The Hall–Kier alpha value is -2.71. The summed E-state index contributed by atoms with van der Waals surface area (Å²) in [5.74, 6) is -1.14. The number of nitrogens with one attached hydrogen (secondary N) is 1. The second-order valence-electron chi connectivity index (χ2n) is 4.98. The summed E-state index contributed by atoms with van der Waals surface area (Å²) in [6.45, 7) is 0. The van der Waals surface area contributed by atoms with E-state index in [1.165, 1.54) is 0 Å². The van der Waals surface area contributed by atoms with E-state index in [-0.39, 0.29) is 17.0 Å². The van der Waals surface area contributed by atoms with E-state index >= 15 is 0 Å². The molecule has 0 aliphatic carbocycles. The van der Waals surface area contributed by atoms with Gasteiger partial charge in [0.25, 0.3) is 5.91 Å². The zero-order valence-corrected chi connectivity index (χ0v) is 12.6. The van der Waals surface area contributed by atoms with E-state index in [1.54, 1.807) is 0 Å². The third-order valence-electron chi connectivity index (χ3n) is 3.18. The van der Waals surface area contributed by atoms with Crippen LogP contribution in [-0.4, -0.2) is 13.0 Å². The molecule has 2 aromatic rings. The fourth-order valence-electron chi connectivity index (χ4n) is 1.99. The SMILES string of the molecule is COc1cc(NC(=O)c2cccc(C(F)(F)F)c2)cc(C(F)(F)F)c1. The standard InChI is InChI=1S/C16H11F6NO2/c1-25-13-7-11(16(20,21)22)6-12(8-13)23-14(24)9-3-2-4-10(5-9)15(17,18)19/h2-8H,1H3,(H,23,24). The van der Waals surface area contributed by atoms with E-state index in [1.807, 2.05) is 0 Å². The molecule has 25 heavy (non-hydrogen) atoms. The Bertz CT molecular complexity index is 783. The highest BCUT2D eigenvalue weighted by Gasteiger charge is 2.32. The molecule has 0 fully saturated rings. The van der Waals surface area contributed by atoms with Gasteiger partial charge in [0.15, 0.2) is 0 Å². The molecule has 0 radical (unpaired) electrons. The lowest BCUT2D eigenvalue weighted by Crippen LogP contribution is -2.15. The lowest BCUT2D eigenvalue weighted by atomic mass is 10.1. The van der Waals surface area contributed by atoms with Crippen LogP contribution in [0.25, 0.3) is 0 Å². The van der Waals surface area contributed by atoms with Crippen molar-refractivity contribution in [1.29, 1.82) is 0 Å². The summed E-state index contributed by atoms with van der Waals surface area (Å²) in [4.78, 5) is 12.1. The van der Waals surface area contributed by atoms with Crippen LogP contribution in [0.4, 0.5) is 32.0 Å². The molecule has 0 aliphatic heterocycles. The number of carbonyl (C=O) groups excluding carboxylic acids is 1. The van der Waals surface area contributed by atoms with Crippen molar-refractivity contribution in [1.82, 2.24) is 0 Å². The quantitative estimate of drug-likeness (QED) is 0.781. The van der Waals surface area contributed by atoms with Gasteiger partial charge in [-0.2, -0.15) is 26.3 Å². The van der Waals surface area contributed by atoms with Crippen LogP contribution in [0.15, 0.2) is 42.5 Å². The van der Waals surface area contributed by atoms with E-state index < -0.39 is 29.4 Å². The first-order valence-electron chi connectivity index (χ1n) is 6.75. The number of rotatable bonds is 3. The lowest BCUT2D eigenvalue weighted by Gasteiger charge is -2.13. The van der Waals surface area contributed by atoms with E-state index in [9.17, 15) is 31.1 Å². The van der Waals surface area contributed by atoms with Crippen LogP contribution in [0.3, 0.4) is 0 Å². The average Bonchev–Trinajstić information content (AvgIpc) is 2.53. The molecule has 0 bridgehead atoms. The molecule has 9 heteroatoms. The van der Waals surface area contributed by atoms with Crippen molar-refractivity contribution in [2.45, 2.75) is 12.4 Å². The summed E-state index contributed by atoms with van der Waals surface area (Å²) in [6, 6.07) is 6.07. The average molecular weight is 363 g/mol. The molecule has 0 aliphatic rings. The normalized spacial score (nSPS) is 12.0. The van der Waals surface area contributed by atoms with Crippen LogP contribution in [0, 0.1) is 0 Å². The highest BCUT2D eigenvalue weighted by molar-refractivity contribution is 6.04. The van der Waals surface area contributed by atoms with Gasteiger partial charge in [-0.3, -0.25) is 4.79 Å². The predicted molar refractivity (Wildman–Crippen MR) is 77.4 cm³/mol. The molecule has 0 spiro atoms. The first kappa shape index (κ1) is 18.6. The second kappa shape index (κ2) is 6.66. The Morgan fingerprint density at radius 1 is 0.920 bits per heavy atom. The van der Waals surface area contributed by atoms with Crippen molar-refractivity contribution in [3.05, 3.63) is 59.2 Å². The minimum absolute atomic E-state index is 0.158. The highest BCUT2D eigenvalue weighted by atomic mass is 19.4. The monoisotopic (exact) mass is 363 g/mol. The zero-order valence-electron chi connectivity index (χ0n) is 12.6. The third-order valence-corrected chi connectivity index (χ3v) is 3.18. The van der Waals surface area contributed by atoms with Gasteiger partial charge < -0.3 is 10.1 Å². The van der Waals surface area contributed by atoms with Crippen LogP contribution in [-0.2, 0) is 12.4 Å². The Morgan fingerprint density at radius 2 is 1.56 bits per heavy atom. The summed E-state index contributed by atoms with van der Waals surface area (Å²) in [5, 5.41) is 2.14. The third kappa shape index (κ3) is 4.65. The van der Waals surface area contributed by atoms with Crippen LogP contribution in [0.5, 0.6) is 5.75 Å². The molecule has 0 saturated carbocycles. The number of hydrogen-bond donors (Lipinski definition) is 1. The molecule has 2 rings (SSSR count). The Kier molecular flexibility index (Phi) is 4.96. The van der Waals surface area contributed by atoms with Gasteiger partial charge in [0.1, 0.15) is 5.75 Å². The van der Waals surface area contributed by atoms with Crippen LogP contribution >= 0.6 is 0 Å².